The Bertz CT molecular complexity index is 926. The largest absolute Gasteiger partial charge is 0.756 e. The summed E-state index contributed by atoms with van der Waals surface area (Å²) >= 11 is 0. The lowest BCUT2D eigenvalue weighted by atomic mass is 9.91. The number of hydrogen-bond acceptors (Lipinski definition) is 6. The van der Waals surface area contributed by atoms with E-state index < -0.39 is 13.9 Å². The van der Waals surface area contributed by atoms with Crippen LogP contribution in [0.3, 0.4) is 0 Å². The predicted molar refractivity (Wildman–Crippen MR) is 240 cm³/mol. The van der Waals surface area contributed by atoms with Gasteiger partial charge in [-0.05, 0) is 60.2 Å². The van der Waals surface area contributed by atoms with Crippen LogP contribution >= 0.6 is 7.82 Å². The molecule has 56 heavy (non-hydrogen) atoms. The molecule has 0 aliphatic carbocycles. The van der Waals surface area contributed by atoms with E-state index in [0.29, 0.717) is 42.7 Å². The van der Waals surface area contributed by atoms with E-state index in [9.17, 15) is 9.46 Å². The Kier molecular flexibility index (Phi) is 33.7. The SMILES string of the molecule is CC(C)CCCC(C)CCCC(C)CCCC(C)CCOC[C@@H](COP(=O)([O-])OCC[N+](C)(C)C)OCCC(C)CCCC(C)CCCC(C)CCCC(C)C. The molecule has 0 rings (SSSR count). The van der Waals surface area contributed by atoms with Crippen LogP contribution in [-0.2, 0) is 23.1 Å². The fourth-order valence-corrected chi connectivity index (χ4v) is 8.32. The van der Waals surface area contributed by atoms with Crippen LogP contribution in [0.5, 0.6) is 0 Å². The predicted octanol–water partition coefficient (Wildman–Crippen LogP) is 13.5. The third kappa shape index (κ3) is 38.2. The van der Waals surface area contributed by atoms with E-state index in [4.69, 9.17) is 18.5 Å². The lowest BCUT2D eigenvalue weighted by molar-refractivity contribution is -0.870. The Morgan fingerprint density at radius 2 is 0.786 bits per heavy atom. The van der Waals surface area contributed by atoms with Gasteiger partial charge in [-0.3, -0.25) is 4.57 Å². The van der Waals surface area contributed by atoms with Crippen molar-refractivity contribution < 1.29 is 32.5 Å². The first-order chi connectivity index (χ1) is 26.3. The maximum absolute atomic E-state index is 12.5. The third-order valence-electron chi connectivity index (χ3n) is 12.0. The molecular weight excluding hydrogens is 718 g/mol. The molecule has 0 amide bonds. The molecule has 0 heterocycles. The van der Waals surface area contributed by atoms with Gasteiger partial charge >= 0.3 is 0 Å². The standard InChI is InChI=1S/C48H100NO6P/c1-40(2)20-14-22-42(5)24-16-26-44(7)28-18-30-46(9)32-35-52-38-48(39-55-56(50,51)54-37-34-49(11,12)13)53-36-33-47(10)31-19-29-45(8)27-17-25-43(6)23-15-21-41(3)4/h40-48H,14-39H2,1-13H3/t42?,43?,44?,45?,46?,47?,48-/m0/s1. The smallest absolute Gasteiger partial charge is 0.268 e. The molecule has 0 radical (unpaired) electrons. The van der Waals surface area contributed by atoms with E-state index in [1.165, 1.54) is 116 Å². The molecule has 0 bridgehead atoms. The van der Waals surface area contributed by atoms with Crippen molar-refractivity contribution >= 4 is 7.82 Å². The van der Waals surface area contributed by atoms with Crippen LogP contribution in [-0.4, -0.2) is 71.3 Å². The average Bonchev–Trinajstić information content (AvgIpc) is 3.07. The Labute approximate surface area is 351 Å². The van der Waals surface area contributed by atoms with Gasteiger partial charge in [0.25, 0.3) is 7.82 Å². The molecule has 0 N–H and O–H groups in total. The Morgan fingerprint density at radius 1 is 0.446 bits per heavy atom. The first-order valence-electron chi connectivity index (χ1n) is 23.9. The second-order valence-electron chi connectivity index (χ2n) is 20.7. The highest BCUT2D eigenvalue weighted by atomic mass is 31.2. The van der Waals surface area contributed by atoms with Gasteiger partial charge in [-0.25, -0.2) is 0 Å². The molecule has 0 fully saturated rings. The fraction of sp³-hybridized carbons (Fsp3) is 1.00. The van der Waals surface area contributed by atoms with Gasteiger partial charge < -0.3 is 27.9 Å². The van der Waals surface area contributed by atoms with Crippen LogP contribution in [0.2, 0.25) is 0 Å². The molecule has 0 aliphatic rings. The van der Waals surface area contributed by atoms with Gasteiger partial charge in [0.1, 0.15) is 19.3 Å². The zero-order chi connectivity index (χ0) is 42.4. The number of rotatable bonds is 40. The number of phosphoric ester groups is 1. The van der Waals surface area contributed by atoms with Crippen LogP contribution in [0.15, 0.2) is 0 Å². The molecule has 0 aromatic rings. The molecule has 8 heteroatoms. The van der Waals surface area contributed by atoms with Crippen molar-refractivity contribution in [3.05, 3.63) is 0 Å². The van der Waals surface area contributed by atoms with Crippen molar-refractivity contribution in [2.24, 2.45) is 47.3 Å². The summed E-state index contributed by atoms with van der Waals surface area (Å²) in [5.41, 5.74) is 0. The zero-order valence-electron chi connectivity index (χ0n) is 39.9. The van der Waals surface area contributed by atoms with E-state index in [-0.39, 0.29) is 13.2 Å². The normalized spacial score (nSPS) is 17.5. The Balaban J connectivity index is 4.55. The van der Waals surface area contributed by atoms with Crippen molar-refractivity contribution in [3.8, 4) is 0 Å². The molecular formula is C48H100NO6P. The van der Waals surface area contributed by atoms with E-state index >= 15 is 0 Å². The fourth-order valence-electron chi connectivity index (χ4n) is 7.59. The van der Waals surface area contributed by atoms with E-state index in [0.717, 1.165) is 48.3 Å². The Hall–Kier alpha value is -0.0100. The molecule has 0 aromatic carbocycles. The zero-order valence-corrected chi connectivity index (χ0v) is 40.8. The second kappa shape index (κ2) is 33.7. The topological polar surface area (TPSA) is 77.1 Å². The lowest BCUT2D eigenvalue weighted by Crippen LogP contribution is -2.37. The van der Waals surface area contributed by atoms with Crippen LogP contribution in [0.4, 0.5) is 0 Å². The highest BCUT2D eigenvalue weighted by Gasteiger charge is 2.19. The van der Waals surface area contributed by atoms with Gasteiger partial charge in [-0.1, -0.05) is 185 Å². The van der Waals surface area contributed by atoms with Crippen molar-refractivity contribution in [3.63, 3.8) is 0 Å². The number of ether oxygens (including phenoxy) is 2. The van der Waals surface area contributed by atoms with Crippen LogP contribution in [0, 0.1) is 47.3 Å². The van der Waals surface area contributed by atoms with Crippen molar-refractivity contribution in [2.75, 3.05) is 60.7 Å². The van der Waals surface area contributed by atoms with Gasteiger partial charge in [-0.15, -0.1) is 0 Å². The molecule has 7 nitrogen and oxygen atoms in total. The molecule has 0 saturated carbocycles. The number of likely N-dealkylation sites (N-methyl/N-ethyl adjacent to an activating group) is 1. The van der Waals surface area contributed by atoms with E-state index in [2.05, 4.69) is 69.2 Å². The molecule has 8 atom stereocenters. The highest BCUT2D eigenvalue weighted by molar-refractivity contribution is 7.45. The van der Waals surface area contributed by atoms with Crippen molar-refractivity contribution in [2.45, 2.75) is 204 Å². The Morgan fingerprint density at radius 3 is 1.14 bits per heavy atom. The average molecular weight is 818 g/mol. The maximum Gasteiger partial charge on any atom is 0.268 e. The van der Waals surface area contributed by atoms with E-state index in [1.807, 2.05) is 21.1 Å². The summed E-state index contributed by atoms with van der Waals surface area (Å²) in [4.78, 5) is 12.5. The molecule has 7 unspecified atom stereocenters. The van der Waals surface area contributed by atoms with Crippen molar-refractivity contribution in [1.82, 2.24) is 0 Å². The minimum absolute atomic E-state index is 0.0858. The second-order valence-corrected chi connectivity index (χ2v) is 22.2. The molecule has 0 spiro atoms. The summed E-state index contributed by atoms with van der Waals surface area (Å²) in [6.07, 6.45) is 25.4. The first-order valence-corrected chi connectivity index (χ1v) is 25.3. The summed E-state index contributed by atoms with van der Waals surface area (Å²) < 4.78 is 35.9. The summed E-state index contributed by atoms with van der Waals surface area (Å²) in [6, 6.07) is 0. The number of nitrogens with zero attached hydrogens (tertiary/aromatic N) is 1. The lowest BCUT2D eigenvalue weighted by Gasteiger charge is -2.28. The maximum atomic E-state index is 12.5. The minimum Gasteiger partial charge on any atom is -0.756 e. The third-order valence-corrected chi connectivity index (χ3v) is 12.9. The van der Waals surface area contributed by atoms with Gasteiger partial charge in [0.05, 0.1) is 34.4 Å². The van der Waals surface area contributed by atoms with Crippen LogP contribution in [0.1, 0.15) is 198 Å². The first kappa shape index (κ1) is 56.0. The number of quaternary nitrogens is 1. The van der Waals surface area contributed by atoms with Gasteiger partial charge in [0.2, 0.25) is 0 Å². The molecule has 0 aromatic heterocycles. The number of hydrogen-bond donors (Lipinski definition) is 0. The summed E-state index contributed by atoms with van der Waals surface area (Å²) in [6.45, 7) is 25.8. The van der Waals surface area contributed by atoms with Crippen LogP contribution < -0.4 is 4.89 Å². The van der Waals surface area contributed by atoms with E-state index in [1.54, 1.807) is 0 Å². The monoisotopic (exact) mass is 818 g/mol. The molecule has 338 valence electrons. The summed E-state index contributed by atoms with van der Waals surface area (Å²) in [5, 5.41) is 0. The van der Waals surface area contributed by atoms with Crippen molar-refractivity contribution in [1.29, 1.82) is 0 Å². The van der Waals surface area contributed by atoms with Gasteiger partial charge in [0.15, 0.2) is 0 Å². The number of phosphoric acid groups is 1. The quantitative estimate of drug-likeness (QED) is 0.0348. The van der Waals surface area contributed by atoms with Crippen LogP contribution in [0.25, 0.3) is 0 Å². The highest BCUT2D eigenvalue weighted by Crippen LogP contribution is 2.38. The van der Waals surface area contributed by atoms with Gasteiger partial charge in [-0.2, -0.15) is 0 Å². The summed E-state index contributed by atoms with van der Waals surface area (Å²) in [5.74, 6) is 6.10. The van der Waals surface area contributed by atoms with Gasteiger partial charge in [0, 0.05) is 13.2 Å². The minimum atomic E-state index is -4.42. The molecule has 0 saturated heterocycles. The summed E-state index contributed by atoms with van der Waals surface area (Å²) in [7, 11) is 1.58. The molecule has 0 aliphatic heterocycles.